The molecule has 4 rings (SSSR count). The number of nitrogens with one attached hydrogen (secondary N) is 1. The third kappa shape index (κ3) is 4.55. The molecule has 0 bridgehead atoms. The molecule has 0 spiro atoms. The number of benzene rings is 2. The van der Waals surface area contributed by atoms with E-state index in [1.165, 1.54) is 12.3 Å². The topological polar surface area (TPSA) is 62.5 Å². The number of rotatable bonds is 7. The Morgan fingerprint density at radius 2 is 1.73 bits per heavy atom. The second kappa shape index (κ2) is 9.36. The van der Waals surface area contributed by atoms with Crippen molar-refractivity contribution in [3.05, 3.63) is 77.6 Å². The van der Waals surface area contributed by atoms with Gasteiger partial charge in [-0.2, -0.15) is 5.10 Å². The van der Waals surface area contributed by atoms with Crippen LogP contribution in [0.1, 0.15) is 41.9 Å². The number of carbonyl (C=O) groups is 1. The van der Waals surface area contributed by atoms with Gasteiger partial charge in [0.1, 0.15) is 11.3 Å². The molecule has 0 unspecified atom stereocenters. The van der Waals surface area contributed by atoms with E-state index in [2.05, 4.69) is 34.1 Å². The molecule has 0 radical (unpaired) electrons. The molecule has 0 fully saturated rings. The minimum Gasteiger partial charge on any atom is -0.372 e. The summed E-state index contributed by atoms with van der Waals surface area (Å²) in [5, 5.41) is 6.83. The number of hydrogen-bond donors (Lipinski definition) is 1. The number of hydrogen-bond acceptors (Lipinski definition) is 4. The maximum atomic E-state index is 13.8. The zero-order chi connectivity index (χ0) is 23.5. The monoisotopic (exact) mass is 449 g/mol. The average molecular weight is 450 g/mol. The number of carbonyl (C=O) groups excluding carboxylic acids is 1. The number of amides is 1. The second-order valence-electron chi connectivity index (χ2n) is 7.70. The molecule has 2 aromatic heterocycles. The van der Waals surface area contributed by atoms with E-state index in [4.69, 9.17) is 0 Å². The lowest BCUT2D eigenvalue weighted by Gasteiger charge is -2.21. The van der Waals surface area contributed by atoms with Crippen LogP contribution in [0.3, 0.4) is 0 Å². The average Bonchev–Trinajstić information content (AvgIpc) is 3.25. The fraction of sp³-hybridized carbons (Fsp3) is 0.240. The largest absolute Gasteiger partial charge is 0.372 e. The van der Waals surface area contributed by atoms with E-state index in [0.717, 1.165) is 28.9 Å². The summed E-state index contributed by atoms with van der Waals surface area (Å²) in [4.78, 5) is 19.7. The van der Waals surface area contributed by atoms with Gasteiger partial charge < -0.3 is 10.2 Å². The van der Waals surface area contributed by atoms with Crippen molar-refractivity contribution in [3.8, 4) is 11.3 Å². The van der Waals surface area contributed by atoms with Crippen LogP contribution in [0.5, 0.6) is 0 Å². The number of aromatic nitrogens is 3. The van der Waals surface area contributed by atoms with Gasteiger partial charge in [0, 0.05) is 30.0 Å². The van der Waals surface area contributed by atoms with Crippen LogP contribution in [0.25, 0.3) is 16.9 Å². The maximum absolute atomic E-state index is 13.8. The highest BCUT2D eigenvalue weighted by Gasteiger charge is 2.21. The number of fused-ring (bicyclic) bond motifs is 1. The predicted octanol–water partition coefficient (Wildman–Crippen LogP) is 5.74. The van der Waals surface area contributed by atoms with Crippen molar-refractivity contribution in [2.24, 2.45) is 0 Å². The van der Waals surface area contributed by atoms with Gasteiger partial charge in [0.25, 0.3) is 12.3 Å². The number of halogens is 2. The van der Waals surface area contributed by atoms with Crippen LogP contribution < -0.4 is 10.2 Å². The standard InChI is InChI=1S/C25H25F2N5O/c1-4-31(5-2)19-12-10-18(11-13-19)29-25(33)20-15-28-32-22(23(26)27)14-21(30-24(20)32)17-8-6-16(3)7-9-17/h6-15,23H,4-5H2,1-3H3,(H,29,33). The first-order chi connectivity index (χ1) is 15.9. The third-order valence-corrected chi connectivity index (χ3v) is 5.57. The Labute approximate surface area is 190 Å². The second-order valence-corrected chi connectivity index (χ2v) is 7.70. The van der Waals surface area contributed by atoms with Gasteiger partial charge in [-0.05, 0) is 51.1 Å². The zero-order valence-corrected chi connectivity index (χ0v) is 18.7. The van der Waals surface area contributed by atoms with Crippen molar-refractivity contribution in [2.45, 2.75) is 27.2 Å². The van der Waals surface area contributed by atoms with Gasteiger partial charge in [0.15, 0.2) is 5.65 Å². The minimum atomic E-state index is -2.77. The van der Waals surface area contributed by atoms with Crippen LogP contribution in [-0.2, 0) is 0 Å². The molecule has 33 heavy (non-hydrogen) atoms. The molecule has 0 saturated heterocycles. The fourth-order valence-corrected chi connectivity index (χ4v) is 3.72. The Kier molecular flexibility index (Phi) is 6.35. The Morgan fingerprint density at radius 1 is 1.06 bits per heavy atom. The van der Waals surface area contributed by atoms with Crippen LogP contribution in [0, 0.1) is 6.92 Å². The van der Waals surface area contributed by atoms with Crippen LogP contribution >= 0.6 is 0 Å². The lowest BCUT2D eigenvalue weighted by molar-refractivity contribution is 0.102. The van der Waals surface area contributed by atoms with Crippen molar-refractivity contribution in [1.29, 1.82) is 0 Å². The summed E-state index contributed by atoms with van der Waals surface area (Å²) in [6.45, 7) is 7.86. The molecule has 4 aromatic rings. The summed E-state index contributed by atoms with van der Waals surface area (Å²) in [6.07, 6.45) is -1.50. The number of anilines is 2. The third-order valence-electron chi connectivity index (χ3n) is 5.57. The number of alkyl halides is 2. The molecule has 170 valence electrons. The fourth-order valence-electron chi connectivity index (χ4n) is 3.72. The van der Waals surface area contributed by atoms with Crippen LogP contribution in [0.4, 0.5) is 20.2 Å². The number of aryl methyl sites for hydroxylation is 1. The highest BCUT2D eigenvalue weighted by Crippen LogP contribution is 2.27. The van der Waals surface area contributed by atoms with E-state index in [-0.39, 0.29) is 16.9 Å². The Hall–Kier alpha value is -3.81. The SMILES string of the molecule is CCN(CC)c1ccc(NC(=O)c2cnn3c(C(F)F)cc(-c4ccc(C)cc4)nc23)cc1. The Balaban J connectivity index is 1.68. The molecule has 0 atom stereocenters. The van der Waals surface area contributed by atoms with Crippen LogP contribution in [0.2, 0.25) is 0 Å². The predicted molar refractivity (Wildman–Crippen MR) is 126 cm³/mol. The van der Waals surface area contributed by atoms with E-state index >= 15 is 0 Å². The van der Waals surface area contributed by atoms with Gasteiger partial charge in [0.05, 0.1) is 11.9 Å². The Morgan fingerprint density at radius 3 is 2.33 bits per heavy atom. The molecule has 1 amide bonds. The van der Waals surface area contributed by atoms with Crippen molar-refractivity contribution in [2.75, 3.05) is 23.3 Å². The van der Waals surface area contributed by atoms with Crippen LogP contribution in [-0.4, -0.2) is 33.6 Å². The van der Waals surface area contributed by atoms with E-state index in [0.29, 0.717) is 16.9 Å². The molecule has 2 aromatic carbocycles. The molecular formula is C25H25F2N5O. The maximum Gasteiger partial charge on any atom is 0.280 e. The molecule has 0 aliphatic rings. The first-order valence-corrected chi connectivity index (χ1v) is 10.8. The summed E-state index contributed by atoms with van der Waals surface area (Å²) < 4.78 is 28.6. The van der Waals surface area contributed by atoms with E-state index in [9.17, 15) is 13.6 Å². The Bertz CT molecular complexity index is 1260. The van der Waals surface area contributed by atoms with Crippen molar-refractivity contribution >= 4 is 22.9 Å². The van der Waals surface area contributed by atoms with Gasteiger partial charge in [0.2, 0.25) is 0 Å². The summed E-state index contributed by atoms with van der Waals surface area (Å²) in [5.74, 6) is -0.464. The van der Waals surface area contributed by atoms with Gasteiger partial charge >= 0.3 is 0 Å². The van der Waals surface area contributed by atoms with Crippen LogP contribution in [0.15, 0.2) is 60.8 Å². The normalized spacial score (nSPS) is 11.2. The van der Waals surface area contributed by atoms with E-state index in [1.807, 2.05) is 55.5 Å². The van der Waals surface area contributed by atoms with Gasteiger partial charge in [-0.25, -0.2) is 18.3 Å². The molecule has 6 nitrogen and oxygen atoms in total. The smallest absolute Gasteiger partial charge is 0.280 e. The molecule has 0 aliphatic carbocycles. The minimum absolute atomic E-state index is 0.0839. The molecule has 2 heterocycles. The van der Waals surface area contributed by atoms with Gasteiger partial charge in [-0.3, -0.25) is 4.79 Å². The summed E-state index contributed by atoms with van der Waals surface area (Å²) in [5.41, 5.74) is 3.63. The first kappa shape index (κ1) is 22.4. The highest BCUT2D eigenvalue weighted by molar-refractivity contribution is 6.08. The van der Waals surface area contributed by atoms with Crippen molar-refractivity contribution in [3.63, 3.8) is 0 Å². The summed E-state index contributed by atoms with van der Waals surface area (Å²) in [7, 11) is 0. The molecule has 8 heteroatoms. The molecular weight excluding hydrogens is 424 g/mol. The first-order valence-electron chi connectivity index (χ1n) is 10.8. The molecule has 0 saturated carbocycles. The quantitative estimate of drug-likeness (QED) is 0.391. The lowest BCUT2D eigenvalue weighted by Crippen LogP contribution is -2.21. The van der Waals surface area contributed by atoms with E-state index < -0.39 is 12.3 Å². The van der Waals surface area contributed by atoms with Gasteiger partial charge in [-0.15, -0.1) is 0 Å². The number of nitrogens with zero attached hydrogens (tertiary/aromatic N) is 4. The zero-order valence-electron chi connectivity index (χ0n) is 18.7. The molecule has 0 aliphatic heterocycles. The van der Waals surface area contributed by atoms with Gasteiger partial charge in [-0.1, -0.05) is 29.8 Å². The lowest BCUT2D eigenvalue weighted by atomic mass is 10.1. The van der Waals surface area contributed by atoms with Crippen molar-refractivity contribution < 1.29 is 13.6 Å². The summed E-state index contributed by atoms with van der Waals surface area (Å²) >= 11 is 0. The molecule has 1 N–H and O–H groups in total. The van der Waals surface area contributed by atoms with E-state index in [1.54, 1.807) is 0 Å². The summed E-state index contributed by atoms with van der Waals surface area (Å²) in [6, 6.07) is 16.2. The highest BCUT2D eigenvalue weighted by atomic mass is 19.3. The van der Waals surface area contributed by atoms with Crippen molar-refractivity contribution in [1.82, 2.24) is 14.6 Å².